The van der Waals surface area contributed by atoms with E-state index >= 15 is 0 Å². The lowest BCUT2D eigenvalue weighted by Crippen LogP contribution is -2.13. The number of ether oxygens (including phenoxy) is 2. The maximum Gasteiger partial charge on any atom is 0.171 e. The molecule has 1 N–H and O–H groups in total. The number of aryl methyl sites for hydroxylation is 1. The van der Waals surface area contributed by atoms with E-state index in [1.807, 2.05) is 17.4 Å². The van der Waals surface area contributed by atoms with Crippen molar-refractivity contribution in [2.75, 3.05) is 18.5 Å². The van der Waals surface area contributed by atoms with Crippen molar-refractivity contribution in [1.82, 2.24) is 24.6 Å². The Balaban J connectivity index is 1.54. The molecule has 1 atom stereocenters. The molecule has 2 aliphatic heterocycles. The van der Waals surface area contributed by atoms with Gasteiger partial charge < -0.3 is 14.8 Å². The number of nitrogens with zero attached hydrogens (tertiary/aromatic N) is 5. The summed E-state index contributed by atoms with van der Waals surface area (Å²) in [4.78, 5) is 8.82. The van der Waals surface area contributed by atoms with Crippen LogP contribution in [0.4, 0.5) is 10.2 Å². The SMILES string of the molecule is Cc1nccnc1-c1cc2c(n3cnnc13)NCc1c(F)ccc3c1[C@H](CO3)CO2. The average molecular weight is 404 g/mol. The average Bonchev–Trinajstić information content (AvgIpc) is 3.40. The Hall–Kier alpha value is -3.75. The van der Waals surface area contributed by atoms with Gasteiger partial charge in [0.05, 0.1) is 36.1 Å². The number of anilines is 1. The second-order valence-corrected chi connectivity index (χ2v) is 7.40. The Labute approximate surface area is 170 Å². The zero-order valence-corrected chi connectivity index (χ0v) is 16.1. The molecular formula is C21H17FN6O2. The van der Waals surface area contributed by atoms with Gasteiger partial charge in [-0.05, 0) is 25.1 Å². The van der Waals surface area contributed by atoms with E-state index in [1.165, 1.54) is 6.07 Å². The third-order valence-corrected chi connectivity index (χ3v) is 5.66. The van der Waals surface area contributed by atoms with Gasteiger partial charge in [0.2, 0.25) is 0 Å². The van der Waals surface area contributed by atoms with Crippen molar-refractivity contribution in [2.24, 2.45) is 0 Å². The molecule has 0 radical (unpaired) electrons. The van der Waals surface area contributed by atoms with Crippen LogP contribution in [0.3, 0.4) is 0 Å². The zero-order valence-electron chi connectivity index (χ0n) is 16.1. The van der Waals surface area contributed by atoms with Gasteiger partial charge in [0.15, 0.2) is 17.2 Å². The number of halogens is 1. The third-order valence-electron chi connectivity index (χ3n) is 5.66. The maximum atomic E-state index is 14.7. The summed E-state index contributed by atoms with van der Waals surface area (Å²) in [5.74, 6) is 1.70. The van der Waals surface area contributed by atoms with Crippen LogP contribution in [0.15, 0.2) is 36.9 Å². The first-order chi connectivity index (χ1) is 14.7. The van der Waals surface area contributed by atoms with Gasteiger partial charge in [-0.15, -0.1) is 10.2 Å². The molecule has 0 spiro atoms. The van der Waals surface area contributed by atoms with Crippen molar-refractivity contribution >= 4 is 11.5 Å². The van der Waals surface area contributed by atoms with Crippen molar-refractivity contribution < 1.29 is 13.9 Å². The Kier molecular flexibility index (Phi) is 3.64. The van der Waals surface area contributed by atoms with Crippen molar-refractivity contribution in [1.29, 1.82) is 0 Å². The number of hydrogen-bond acceptors (Lipinski definition) is 7. The molecule has 8 nitrogen and oxygen atoms in total. The van der Waals surface area contributed by atoms with Crippen molar-refractivity contribution in [3.63, 3.8) is 0 Å². The molecule has 0 aliphatic carbocycles. The highest BCUT2D eigenvalue weighted by molar-refractivity contribution is 5.81. The second-order valence-electron chi connectivity index (χ2n) is 7.40. The number of fused-ring (bicyclic) bond motifs is 3. The van der Waals surface area contributed by atoms with Gasteiger partial charge in [0.25, 0.3) is 0 Å². The molecule has 6 rings (SSSR count). The van der Waals surface area contributed by atoms with Crippen LogP contribution in [0.2, 0.25) is 0 Å². The van der Waals surface area contributed by atoms with Crippen LogP contribution in [0, 0.1) is 12.7 Å². The fourth-order valence-corrected chi connectivity index (χ4v) is 4.23. The number of rotatable bonds is 1. The fourth-order valence-electron chi connectivity index (χ4n) is 4.23. The molecule has 0 fully saturated rings. The minimum atomic E-state index is -0.257. The molecule has 0 amide bonds. The van der Waals surface area contributed by atoms with E-state index in [4.69, 9.17) is 9.47 Å². The van der Waals surface area contributed by atoms with Crippen LogP contribution in [-0.2, 0) is 6.54 Å². The highest BCUT2D eigenvalue weighted by Gasteiger charge is 2.31. The number of benzene rings is 1. The molecule has 1 aromatic carbocycles. The summed E-state index contributed by atoms with van der Waals surface area (Å²) < 4.78 is 28.5. The summed E-state index contributed by atoms with van der Waals surface area (Å²) in [5.41, 5.74) is 4.35. The summed E-state index contributed by atoms with van der Waals surface area (Å²) in [6, 6.07) is 5.03. The standard InChI is InChI=1S/C21H17FN6O2/c1-11-19(24-5-4-23-11)13-6-17-21(28-10-26-27-20(13)28)25-7-14-15(22)2-3-16-18(14)12(8-29-16)9-30-17/h2-6,10,12,25H,7-9H2,1H3/t12-/m1/s1. The lowest BCUT2D eigenvalue weighted by Gasteiger charge is -2.16. The molecule has 0 unspecified atom stereocenters. The Morgan fingerprint density at radius 1 is 1.13 bits per heavy atom. The monoisotopic (exact) mass is 404 g/mol. The van der Waals surface area contributed by atoms with E-state index in [9.17, 15) is 4.39 Å². The zero-order chi connectivity index (χ0) is 20.2. The van der Waals surface area contributed by atoms with Crippen LogP contribution in [0.25, 0.3) is 16.9 Å². The first-order valence-corrected chi connectivity index (χ1v) is 9.66. The fraction of sp³-hybridized carbons (Fsp3) is 0.238. The summed E-state index contributed by atoms with van der Waals surface area (Å²) in [5, 5.41) is 11.7. The number of aromatic nitrogens is 5. The van der Waals surface area contributed by atoms with Crippen molar-refractivity contribution in [2.45, 2.75) is 19.4 Å². The normalized spacial score (nSPS) is 17.1. The molecule has 5 heterocycles. The quantitative estimate of drug-likeness (QED) is 0.522. The molecule has 0 saturated heterocycles. The predicted molar refractivity (Wildman–Crippen MR) is 106 cm³/mol. The third kappa shape index (κ3) is 2.44. The van der Waals surface area contributed by atoms with Crippen molar-refractivity contribution in [3.8, 4) is 22.8 Å². The largest absolute Gasteiger partial charge is 0.493 e. The summed E-state index contributed by atoms with van der Waals surface area (Å²) in [6.45, 7) is 3.02. The summed E-state index contributed by atoms with van der Waals surface area (Å²) >= 11 is 0. The summed E-state index contributed by atoms with van der Waals surface area (Å²) in [7, 11) is 0. The van der Waals surface area contributed by atoms with Gasteiger partial charge in [-0.1, -0.05) is 0 Å². The van der Waals surface area contributed by atoms with Gasteiger partial charge in [-0.25, -0.2) is 4.39 Å². The molecule has 4 aromatic rings. The van der Waals surface area contributed by atoms with E-state index in [1.54, 1.807) is 24.8 Å². The highest BCUT2D eigenvalue weighted by atomic mass is 19.1. The Morgan fingerprint density at radius 2 is 1.97 bits per heavy atom. The highest BCUT2D eigenvalue weighted by Crippen LogP contribution is 2.41. The minimum absolute atomic E-state index is 0.0447. The minimum Gasteiger partial charge on any atom is -0.493 e. The van der Waals surface area contributed by atoms with Gasteiger partial charge in [-0.2, -0.15) is 0 Å². The summed E-state index contributed by atoms with van der Waals surface area (Å²) in [6.07, 6.45) is 4.91. The topological polar surface area (TPSA) is 86.5 Å². The first kappa shape index (κ1) is 17.1. The molecule has 150 valence electrons. The number of pyridine rings is 1. The molecule has 0 bridgehead atoms. The molecular weight excluding hydrogens is 387 g/mol. The predicted octanol–water partition coefficient (Wildman–Crippen LogP) is 3.11. The first-order valence-electron chi connectivity index (χ1n) is 9.66. The molecule has 0 saturated carbocycles. The van der Waals surface area contributed by atoms with Gasteiger partial charge >= 0.3 is 0 Å². The van der Waals surface area contributed by atoms with Crippen molar-refractivity contribution in [3.05, 3.63) is 59.6 Å². The van der Waals surface area contributed by atoms with E-state index < -0.39 is 0 Å². The van der Waals surface area contributed by atoms with E-state index in [2.05, 4.69) is 25.5 Å². The van der Waals surface area contributed by atoms with Gasteiger partial charge in [-0.3, -0.25) is 14.4 Å². The molecule has 3 aromatic heterocycles. The van der Waals surface area contributed by atoms with E-state index in [-0.39, 0.29) is 11.7 Å². The molecule has 9 heteroatoms. The van der Waals surface area contributed by atoms with Gasteiger partial charge in [0.1, 0.15) is 17.9 Å². The van der Waals surface area contributed by atoms with E-state index in [0.29, 0.717) is 48.2 Å². The Morgan fingerprint density at radius 3 is 2.83 bits per heavy atom. The van der Waals surface area contributed by atoms with E-state index in [0.717, 1.165) is 22.6 Å². The lowest BCUT2D eigenvalue weighted by atomic mass is 9.96. The maximum absolute atomic E-state index is 14.7. The molecule has 30 heavy (non-hydrogen) atoms. The second kappa shape index (κ2) is 6.38. The number of hydrogen-bond donors (Lipinski definition) is 1. The van der Waals surface area contributed by atoms with Gasteiger partial charge in [0, 0.05) is 30.1 Å². The smallest absolute Gasteiger partial charge is 0.171 e. The van der Waals surface area contributed by atoms with Crippen LogP contribution >= 0.6 is 0 Å². The molecule has 2 aliphatic rings. The van der Waals surface area contributed by atoms with Crippen LogP contribution in [0.5, 0.6) is 11.5 Å². The number of nitrogens with one attached hydrogen (secondary N) is 1. The van der Waals surface area contributed by atoms with Crippen LogP contribution in [0.1, 0.15) is 22.7 Å². The Bertz CT molecular complexity index is 1300. The van der Waals surface area contributed by atoms with Crippen LogP contribution in [-0.4, -0.2) is 37.8 Å². The van der Waals surface area contributed by atoms with Crippen LogP contribution < -0.4 is 14.8 Å². The lowest BCUT2D eigenvalue weighted by molar-refractivity contribution is 0.249.